The van der Waals surface area contributed by atoms with Crippen LogP contribution >= 0.6 is 15.9 Å². The Morgan fingerprint density at radius 2 is 2.16 bits per heavy atom. The first-order valence-corrected chi connectivity index (χ1v) is 6.90. The molecular weight excluding hydrogens is 313 g/mol. The highest BCUT2D eigenvalue weighted by Crippen LogP contribution is 2.37. The molecule has 0 aliphatic carbocycles. The molecule has 1 aliphatic heterocycles. The third-order valence-corrected chi connectivity index (χ3v) is 4.05. The molecule has 0 bridgehead atoms. The molecule has 0 spiro atoms. The highest BCUT2D eigenvalue weighted by atomic mass is 79.9. The number of phenolic OH excluding ortho intramolecular Hbond substituents is 1. The first-order chi connectivity index (χ1) is 9.19. The molecular formula is C13H15BrFN3O. The fourth-order valence-electron chi connectivity index (χ4n) is 2.34. The molecule has 1 aromatic rings. The van der Waals surface area contributed by atoms with Crippen LogP contribution in [-0.2, 0) is 0 Å². The number of alkyl halides is 1. The second kappa shape index (κ2) is 6.33. The van der Waals surface area contributed by atoms with Gasteiger partial charge in [0.1, 0.15) is 18.5 Å². The SMILES string of the molecule is N#Cc1ccc(Br)c([C@H](CF)N2CCNCC2)c1O. The lowest BCUT2D eigenvalue weighted by atomic mass is 10.0. The number of nitrogens with one attached hydrogen (secondary N) is 1. The minimum atomic E-state index is -0.596. The van der Waals surface area contributed by atoms with E-state index in [2.05, 4.69) is 21.2 Å². The summed E-state index contributed by atoms with van der Waals surface area (Å²) in [7, 11) is 0. The molecule has 0 saturated carbocycles. The third kappa shape index (κ3) is 2.89. The second-order valence-electron chi connectivity index (χ2n) is 4.43. The minimum Gasteiger partial charge on any atom is -0.506 e. The lowest BCUT2D eigenvalue weighted by Gasteiger charge is -2.34. The van der Waals surface area contributed by atoms with Crippen molar-refractivity contribution in [3.63, 3.8) is 0 Å². The van der Waals surface area contributed by atoms with Crippen LogP contribution in [0.15, 0.2) is 16.6 Å². The Morgan fingerprint density at radius 3 is 2.74 bits per heavy atom. The van der Waals surface area contributed by atoms with Gasteiger partial charge in [-0.05, 0) is 12.1 Å². The fourth-order valence-corrected chi connectivity index (χ4v) is 2.93. The van der Waals surface area contributed by atoms with Crippen LogP contribution in [0.2, 0.25) is 0 Å². The fraction of sp³-hybridized carbons (Fsp3) is 0.462. The van der Waals surface area contributed by atoms with Crippen molar-refractivity contribution in [2.24, 2.45) is 0 Å². The molecule has 102 valence electrons. The lowest BCUT2D eigenvalue weighted by Crippen LogP contribution is -2.45. The lowest BCUT2D eigenvalue weighted by molar-refractivity contribution is 0.144. The van der Waals surface area contributed by atoms with E-state index in [1.807, 2.05) is 11.0 Å². The van der Waals surface area contributed by atoms with Gasteiger partial charge in [-0.15, -0.1) is 0 Å². The minimum absolute atomic E-state index is 0.127. The Labute approximate surface area is 120 Å². The van der Waals surface area contributed by atoms with Crippen molar-refractivity contribution in [1.29, 1.82) is 5.26 Å². The number of benzene rings is 1. The van der Waals surface area contributed by atoms with Gasteiger partial charge in [0.15, 0.2) is 0 Å². The number of nitriles is 1. The zero-order valence-corrected chi connectivity index (χ0v) is 12.0. The summed E-state index contributed by atoms with van der Waals surface area (Å²) in [5.74, 6) is -0.127. The van der Waals surface area contributed by atoms with Crippen LogP contribution in [0.3, 0.4) is 0 Å². The maximum Gasteiger partial charge on any atom is 0.139 e. The Morgan fingerprint density at radius 1 is 1.47 bits per heavy atom. The molecule has 0 amide bonds. The van der Waals surface area contributed by atoms with Crippen LogP contribution in [0.4, 0.5) is 4.39 Å². The van der Waals surface area contributed by atoms with Gasteiger partial charge < -0.3 is 10.4 Å². The molecule has 19 heavy (non-hydrogen) atoms. The van der Waals surface area contributed by atoms with E-state index in [-0.39, 0.29) is 11.3 Å². The van der Waals surface area contributed by atoms with Crippen molar-refractivity contribution >= 4 is 15.9 Å². The highest BCUT2D eigenvalue weighted by Gasteiger charge is 2.27. The highest BCUT2D eigenvalue weighted by molar-refractivity contribution is 9.10. The first-order valence-electron chi connectivity index (χ1n) is 6.11. The van der Waals surface area contributed by atoms with Gasteiger partial charge in [-0.1, -0.05) is 15.9 Å². The normalized spacial score (nSPS) is 17.9. The van der Waals surface area contributed by atoms with Gasteiger partial charge in [-0.2, -0.15) is 5.26 Å². The number of phenols is 1. The summed E-state index contributed by atoms with van der Waals surface area (Å²) in [6, 6.07) is 4.60. The molecule has 0 radical (unpaired) electrons. The maximum absolute atomic E-state index is 13.4. The van der Waals surface area contributed by atoms with Gasteiger partial charge in [0, 0.05) is 36.2 Å². The summed E-state index contributed by atoms with van der Waals surface area (Å²) >= 11 is 3.34. The molecule has 1 fully saturated rings. The summed E-state index contributed by atoms with van der Waals surface area (Å²) in [4.78, 5) is 1.98. The van der Waals surface area contributed by atoms with Crippen LogP contribution in [0.25, 0.3) is 0 Å². The van der Waals surface area contributed by atoms with Gasteiger partial charge in [-0.3, -0.25) is 4.90 Å². The van der Waals surface area contributed by atoms with E-state index >= 15 is 0 Å². The van der Waals surface area contributed by atoms with Crippen molar-refractivity contribution in [1.82, 2.24) is 10.2 Å². The average Bonchev–Trinajstić information content (AvgIpc) is 2.44. The van der Waals surface area contributed by atoms with Crippen LogP contribution in [0.1, 0.15) is 17.2 Å². The molecule has 2 rings (SSSR count). The van der Waals surface area contributed by atoms with Gasteiger partial charge in [-0.25, -0.2) is 4.39 Å². The predicted octanol–water partition coefficient (Wildman–Crippen LogP) is 1.94. The average molecular weight is 328 g/mol. The number of hydrogen-bond acceptors (Lipinski definition) is 4. The summed E-state index contributed by atoms with van der Waals surface area (Å²) in [6.07, 6.45) is 0. The number of halogens is 2. The standard InChI is InChI=1S/C13H15BrFN3O/c14-10-2-1-9(8-16)13(19)12(10)11(7-15)18-5-3-17-4-6-18/h1-2,11,17,19H,3-7H2/t11-/m0/s1. The van der Waals surface area contributed by atoms with Crippen molar-refractivity contribution in [3.8, 4) is 11.8 Å². The zero-order chi connectivity index (χ0) is 13.8. The monoisotopic (exact) mass is 327 g/mol. The van der Waals surface area contributed by atoms with Crippen LogP contribution in [-0.4, -0.2) is 42.9 Å². The number of aromatic hydroxyl groups is 1. The van der Waals surface area contributed by atoms with Gasteiger partial charge in [0.05, 0.1) is 11.6 Å². The van der Waals surface area contributed by atoms with E-state index in [1.54, 1.807) is 6.07 Å². The van der Waals surface area contributed by atoms with E-state index in [9.17, 15) is 9.50 Å². The first kappa shape index (κ1) is 14.3. The van der Waals surface area contributed by atoms with Gasteiger partial charge in [0.25, 0.3) is 0 Å². The number of rotatable bonds is 3. The van der Waals surface area contributed by atoms with E-state index in [0.717, 1.165) is 26.2 Å². The van der Waals surface area contributed by atoms with Crippen LogP contribution in [0.5, 0.6) is 5.75 Å². The molecule has 1 atom stereocenters. The maximum atomic E-state index is 13.4. The molecule has 1 aromatic carbocycles. The smallest absolute Gasteiger partial charge is 0.139 e. The largest absolute Gasteiger partial charge is 0.506 e. The quantitative estimate of drug-likeness (QED) is 0.890. The van der Waals surface area contributed by atoms with Gasteiger partial charge >= 0.3 is 0 Å². The molecule has 1 saturated heterocycles. The molecule has 0 aromatic heterocycles. The number of piperazine rings is 1. The topological polar surface area (TPSA) is 59.3 Å². The Kier molecular flexibility index (Phi) is 4.75. The molecule has 1 heterocycles. The van der Waals surface area contributed by atoms with E-state index < -0.39 is 12.7 Å². The van der Waals surface area contributed by atoms with Crippen molar-refractivity contribution in [3.05, 3.63) is 27.7 Å². The van der Waals surface area contributed by atoms with E-state index in [4.69, 9.17) is 5.26 Å². The zero-order valence-electron chi connectivity index (χ0n) is 10.4. The molecule has 6 heteroatoms. The number of nitrogens with zero attached hydrogens (tertiary/aromatic N) is 2. The van der Waals surface area contributed by atoms with Crippen molar-refractivity contribution < 1.29 is 9.50 Å². The summed E-state index contributed by atoms with van der Waals surface area (Å²) < 4.78 is 14.1. The van der Waals surface area contributed by atoms with Crippen LogP contribution in [0, 0.1) is 11.3 Å². The molecule has 2 N–H and O–H groups in total. The predicted molar refractivity (Wildman–Crippen MR) is 73.7 cm³/mol. The number of hydrogen-bond donors (Lipinski definition) is 2. The van der Waals surface area contributed by atoms with Crippen molar-refractivity contribution in [2.75, 3.05) is 32.9 Å². The summed E-state index contributed by atoms with van der Waals surface area (Å²) in [6.45, 7) is 2.44. The van der Waals surface area contributed by atoms with Crippen LogP contribution < -0.4 is 5.32 Å². The van der Waals surface area contributed by atoms with Crippen molar-refractivity contribution in [2.45, 2.75) is 6.04 Å². The summed E-state index contributed by atoms with van der Waals surface area (Å²) in [5.41, 5.74) is 0.634. The Hall–Kier alpha value is -1.16. The van der Waals surface area contributed by atoms with E-state index in [0.29, 0.717) is 10.0 Å². The summed E-state index contributed by atoms with van der Waals surface area (Å²) in [5, 5.41) is 22.3. The third-order valence-electron chi connectivity index (χ3n) is 3.36. The Balaban J connectivity index is 2.40. The molecule has 1 aliphatic rings. The Bertz CT molecular complexity index is 497. The van der Waals surface area contributed by atoms with E-state index in [1.165, 1.54) is 6.07 Å². The molecule has 4 nitrogen and oxygen atoms in total. The van der Waals surface area contributed by atoms with Gasteiger partial charge in [0.2, 0.25) is 0 Å². The molecule has 0 unspecified atom stereocenters. The second-order valence-corrected chi connectivity index (χ2v) is 5.28.